The predicted octanol–water partition coefficient (Wildman–Crippen LogP) is -0.455. The van der Waals surface area contributed by atoms with Gasteiger partial charge in [-0.1, -0.05) is 12.2 Å². The van der Waals surface area contributed by atoms with Crippen molar-refractivity contribution in [1.82, 2.24) is 9.78 Å². The second-order valence-electron chi connectivity index (χ2n) is 2.38. The molecule has 0 aliphatic carbocycles. The Morgan fingerprint density at radius 2 is 2.31 bits per heavy atom. The first-order chi connectivity index (χ1) is 6.02. The number of nitrogens with zero attached hydrogens (tertiary/aromatic N) is 2. The van der Waals surface area contributed by atoms with E-state index in [0.717, 1.165) is 0 Å². The van der Waals surface area contributed by atoms with Crippen molar-refractivity contribution in [3.63, 3.8) is 0 Å². The largest absolute Gasteiger partial charge is 0.389 e. The van der Waals surface area contributed by atoms with E-state index in [1.165, 1.54) is 10.9 Å². The first-order valence-electron chi connectivity index (χ1n) is 3.40. The molecule has 0 fully saturated rings. The van der Waals surface area contributed by atoms with Gasteiger partial charge in [-0.05, 0) is 0 Å². The lowest BCUT2D eigenvalue weighted by Crippen LogP contribution is -2.23. The molecule has 0 spiro atoms. The van der Waals surface area contributed by atoms with E-state index >= 15 is 0 Å². The highest BCUT2D eigenvalue weighted by Crippen LogP contribution is 2.12. The fourth-order valence-electron chi connectivity index (χ4n) is 0.883. The van der Waals surface area contributed by atoms with E-state index in [1.54, 1.807) is 7.05 Å². The molecule has 1 heterocycles. The molecule has 1 aromatic rings. The lowest BCUT2D eigenvalue weighted by Gasteiger charge is -2.03. The normalized spacial score (nSPS) is 9.62. The number of thiocarbonyl (C=S) groups is 1. The van der Waals surface area contributed by atoms with Gasteiger partial charge in [-0.3, -0.25) is 10.00 Å². The second-order valence-corrected chi connectivity index (χ2v) is 2.82. The van der Waals surface area contributed by atoms with Gasteiger partial charge in [-0.25, -0.2) is 4.79 Å². The number of anilines is 1. The van der Waals surface area contributed by atoms with Crippen molar-refractivity contribution in [2.75, 3.05) is 5.32 Å². The number of nitrogens with two attached hydrogens (primary N) is 2. The minimum absolute atomic E-state index is 0.164. The fourth-order valence-corrected chi connectivity index (χ4v) is 1.03. The summed E-state index contributed by atoms with van der Waals surface area (Å²) in [6.45, 7) is 0. The standard InChI is InChI=1S/C6H9N5OS/c1-11-5(10-6(8)12)3(2-9-11)4(7)13/h2H,1H3,(H2,7,13)(H3,8,10,12). The maximum atomic E-state index is 10.6. The summed E-state index contributed by atoms with van der Waals surface area (Å²) in [7, 11) is 1.65. The Morgan fingerprint density at radius 1 is 1.69 bits per heavy atom. The first kappa shape index (κ1) is 9.46. The lowest BCUT2D eigenvalue weighted by molar-refractivity contribution is 0.259. The SMILES string of the molecule is Cn1ncc(C(N)=S)c1NC(N)=O. The van der Waals surface area contributed by atoms with Gasteiger partial charge in [0, 0.05) is 7.05 Å². The number of hydrogen-bond donors (Lipinski definition) is 3. The molecule has 5 N–H and O–H groups in total. The van der Waals surface area contributed by atoms with Crippen LogP contribution < -0.4 is 16.8 Å². The zero-order valence-electron chi connectivity index (χ0n) is 6.94. The van der Waals surface area contributed by atoms with Crippen LogP contribution in [0, 0.1) is 0 Å². The zero-order valence-corrected chi connectivity index (χ0v) is 7.76. The van der Waals surface area contributed by atoms with Crippen LogP contribution in [0.5, 0.6) is 0 Å². The van der Waals surface area contributed by atoms with Crippen molar-refractivity contribution in [1.29, 1.82) is 0 Å². The molecule has 0 bridgehead atoms. The summed E-state index contributed by atoms with van der Waals surface area (Å²) in [4.78, 5) is 10.7. The van der Waals surface area contributed by atoms with Gasteiger partial charge in [0.25, 0.3) is 0 Å². The van der Waals surface area contributed by atoms with Gasteiger partial charge in [0.05, 0.1) is 11.8 Å². The van der Waals surface area contributed by atoms with Crippen molar-refractivity contribution < 1.29 is 4.79 Å². The van der Waals surface area contributed by atoms with Crippen molar-refractivity contribution in [2.24, 2.45) is 18.5 Å². The second kappa shape index (κ2) is 3.40. The number of amides is 2. The number of primary amides is 1. The third kappa shape index (κ3) is 1.94. The zero-order chi connectivity index (χ0) is 10.0. The molecule has 0 aliphatic rings. The maximum Gasteiger partial charge on any atom is 0.317 e. The molecule has 1 aromatic heterocycles. The van der Waals surface area contributed by atoms with Gasteiger partial charge in [0.2, 0.25) is 0 Å². The van der Waals surface area contributed by atoms with E-state index in [1.807, 2.05) is 0 Å². The Kier molecular flexibility index (Phi) is 2.47. The van der Waals surface area contributed by atoms with Gasteiger partial charge in [0.1, 0.15) is 10.8 Å². The molecule has 1 rings (SSSR count). The number of aromatic nitrogens is 2. The Bertz CT molecular complexity index is 358. The maximum absolute atomic E-state index is 10.6. The smallest absolute Gasteiger partial charge is 0.317 e. The van der Waals surface area contributed by atoms with Crippen LogP contribution in [0.2, 0.25) is 0 Å². The summed E-state index contributed by atoms with van der Waals surface area (Å²) in [6.07, 6.45) is 1.47. The molecular weight excluding hydrogens is 190 g/mol. The van der Waals surface area contributed by atoms with Crippen LogP contribution in [0.15, 0.2) is 6.20 Å². The van der Waals surface area contributed by atoms with Crippen molar-refractivity contribution in [2.45, 2.75) is 0 Å². The average Bonchev–Trinajstić information content (AvgIpc) is 2.32. The summed E-state index contributed by atoms with van der Waals surface area (Å²) in [5.41, 5.74) is 10.8. The number of aryl methyl sites for hydroxylation is 1. The van der Waals surface area contributed by atoms with Crippen LogP contribution in [0.4, 0.5) is 10.6 Å². The molecule has 6 nitrogen and oxygen atoms in total. The highest BCUT2D eigenvalue weighted by molar-refractivity contribution is 7.80. The summed E-state index contributed by atoms with van der Waals surface area (Å²) in [5, 5.41) is 6.24. The Morgan fingerprint density at radius 3 is 2.77 bits per heavy atom. The van der Waals surface area contributed by atoms with E-state index in [-0.39, 0.29) is 4.99 Å². The van der Waals surface area contributed by atoms with Gasteiger partial charge in [-0.2, -0.15) is 5.10 Å². The predicted molar refractivity (Wildman–Crippen MR) is 52.3 cm³/mol. The quantitative estimate of drug-likeness (QED) is 0.561. The number of nitrogens with one attached hydrogen (secondary N) is 1. The summed E-state index contributed by atoms with van der Waals surface area (Å²) >= 11 is 4.75. The number of rotatable bonds is 2. The van der Waals surface area contributed by atoms with Gasteiger partial charge in [-0.15, -0.1) is 0 Å². The van der Waals surface area contributed by atoms with Crippen LogP contribution in [0.3, 0.4) is 0 Å². The minimum Gasteiger partial charge on any atom is -0.389 e. The number of urea groups is 1. The third-order valence-corrected chi connectivity index (χ3v) is 1.67. The van der Waals surface area contributed by atoms with Crippen molar-refractivity contribution >= 4 is 29.1 Å². The van der Waals surface area contributed by atoms with Crippen LogP contribution >= 0.6 is 12.2 Å². The summed E-state index contributed by atoms with van der Waals surface area (Å²) < 4.78 is 1.43. The molecule has 0 saturated heterocycles. The Balaban J connectivity index is 3.08. The lowest BCUT2D eigenvalue weighted by atomic mass is 10.3. The van der Waals surface area contributed by atoms with Gasteiger partial charge in [0.15, 0.2) is 0 Å². The van der Waals surface area contributed by atoms with Gasteiger partial charge < -0.3 is 11.5 Å². The van der Waals surface area contributed by atoms with Crippen molar-refractivity contribution in [3.8, 4) is 0 Å². The highest BCUT2D eigenvalue weighted by atomic mass is 32.1. The van der Waals surface area contributed by atoms with Gasteiger partial charge >= 0.3 is 6.03 Å². The van der Waals surface area contributed by atoms with E-state index in [9.17, 15) is 4.79 Å². The molecule has 0 aliphatic heterocycles. The fraction of sp³-hybridized carbons (Fsp3) is 0.167. The van der Waals surface area contributed by atoms with E-state index in [4.69, 9.17) is 23.7 Å². The number of hydrogen-bond acceptors (Lipinski definition) is 3. The summed E-state index contributed by atoms with van der Waals surface area (Å²) in [5.74, 6) is 0.403. The third-order valence-electron chi connectivity index (χ3n) is 1.45. The molecule has 0 aromatic carbocycles. The summed E-state index contributed by atoms with van der Waals surface area (Å²) in [6, 6.07) is -0.680. The minimum atomic E-state index is -0.680. The first-order valence-corrected chi connectivity index (χ1v) is 3.81. The molecule has 0 atom stereocenters. The van der Waals surface area contributed by atoms with E-state index < -0.39 is 6.03 Å². The molecule has 0 unspecified atom stereocenters. The Hall–Kier alpha value is -1.63. The molecule has 0 radical (unpaired) electrons. The molecule has 70 valence electrons. The topological polar surface area (TPSA) is 99.0 Å². The van der Waals surface area contributed by atoms with E-state index in [2.05, 4.69) is 10.4 Å². The molecule has 13 heavy (non-hydrogen) atoms. The highest BCUT2D eigenvalue weighted by Gasteiger charge is 2.11. The number of carbonyl (C=O) groups excluding carboxylic acids is 1. The van der Waals surface area contributed by atoms with Crippen LogP contribution in [0.25, 0.3) is 0 Å². The average molecular weight is 199 g/mol. The monoisotopic (exact) mass is 199 g/mol. The molecule has 2 amide bonds. The Labute approximate surface area is 79.9 Å². The molecular formula is C6H9N5OS. The van der Waals surface area contributed by atoms with Crippen LogP contribution in [0.1, 0.15) is 5.56 Å². The van der Waals surface area contributed by atoms with E-state index in [0.29, 0.717) is 11.4 Å². The van der Waals surface area contributed by atoms with Crippen molar-refractivity contribution in [3.05, 3.63) is 11.8 Å². The van der Waals surface area contributed by atoms with Crippen LogP contribution in [-0.2, 0) is 7.05 Å². The molecule has 7 heteroatoms. The molecule has 0 saturated carbocycles. The van der Waals surface area contributed by atoms with Crippen LogP contribution in [-0.4, -0.2) is 20.8 Å². The number of carbonyl (C=O) groups is 1.